The van der Waals surface area contributed by atoms with E-state index in [1.165, 1.54) is 0 Å². The summed E-state index contributed by atoms with van der Waals surface area (Å²) >= 11 is 3.39. The predicted molar refractivity (Wildman–Crippen MR) is 104 cm³/mol. The summed E-state index contributed by atoms with van der Waals surface area (Å²) < 4.78 is 0.984. The van der Waals surface area contributed by atoms with Crippen molar-refractivity contribution in [3.63, 3.8) is 0 Å². The van der Waals surface area contributed by atoms with Gasteiger partial charge >= 0.3 is 0 Å². The minimum absolute atomic E-state index is 0.00632. The fourth-order valence-electron chi connectivity index (χ4n) is 3.03. The van der Waals surface area contributed by atoms with Crippen LogP contribution in [-0.2, 0) is 9.59 Å². The zero-order chi connectivity index (χ0) is 18.2. The van der Waals surface area contributed by atoms with Crippen LogP contribution in [0.3, 0.4) is 0 Å². The Morgan fingerprint density at radius 1 is 1.24 bits per heavy atom. The van der Waals surface area contributed by atoms with Crippen molar-refractivity contribution in [3.8, 4) is 0 Å². The minimum atomic E-state index is -0.201. The van der Waals surface area contributed by atoms with Gasteiger partial charge in [-0.25, -0.2) is 0 Å². The summed E-state index contributed by atoms with van der Waals surface area (Å²) in [4.78, 5) is 26.7. The summed E-state index contributed by atoms with van der Waals surface area (Å²) in [5.74, 6) is 0.239. The Bertz CT molecular complexity index is 569. The van der Waals surface area contributed by atoms with Gasteiger partial charge in [0, 0.05) is 22.6 Å². The molecule has 1 heterocycles. The second-order valence-corrected chi connectivity index (χ2v) is 7.54. The second-order valence-electron chi connectivity index (χ2n) is 6.63. The Morgan fingerprint density at radius 2 is 1.88 bits per heavy atom. The number of carbonyl (C=O) groups excluding carboxylic acids is 2. The number of hydrogen-bond donors (Lipinski definition) is 2. The minimum Gasteiger partial charge on any atom is -0.356 e. The lowest BCUT2D eigenvalue weighted by atomic mass is 9.95. The second kappa shape index (κ2) is 9.92. The maximum atomic E-state index is 12.4. The van der Waals surface area contributed by atoms with E-state index in [-0.39, 0.29) is 23.8 Å². The molecule has 1 aliphatic heterocycles. The largest absolute Gasteiger partial charge is 0.356 e. The van der Waals surface area contributed by atoms with Crippen LogP contribution in [-0.4, -0.2) is 42.4 Å². The molecule has 0 aliphatic carbocycles. The Morgan fingerprint density at radius 3 is 2.48 bits per heavy atom. The van der Waals surface area contributed by atoms with E-state index < -0.39 is 0 Å². The van der Waals surface area contributed by atoms with E-state index in [2.05, 4.69) is 38.4 Å². The predicted octanol–water partition coefficient (Wildman–Crippen LogP) is 3.40. The molecule has 1 aliphatic rings. The highest BCUT2D eigenvalue weighted by molar-refractivity contribution is 9.10. The first-order valence-electron chi connectivity index (χ1n) is 9.09. The molecule has 25 heavy (non-hydrogen) atoms. The van der Waals surface area contributed by atoms with Gasteiger partial charge in [-0.1, -0.05) is 29.3 Å². The third kappa shape index (κ3) is 6.12. The fraction of sp³-hybridized carbons (Fsp3) is 0.579. The van der Waals surface area contributed by atoms with Crippen molar-refractivity contribution < 1.29 is 9.59 Å². The van der Waals surface area contributed by atoms with Crippen molar-refractivity contribution in [2.75, 3.05) is 25.0 Å². The van der Waals surface area contributed by atoms with Crippen LogP contribution >= 0.6 is 15.9 Å². The normalized spacial score (nSPS) is 17.1. The van der Waals surface area contributed by atoms with E-state index in [1.54, 1.807) is 0 Å². The maximum Gasteiger partial charge on any atom is 0.241 e. The van der Waals surface area contributed by atoms with E-state index in [0.29, 0.717) is 0 Å². The van der Waals surface area contributed by atoms with E-state index in [1.807, 2.05) is 31.2 Å². The number of rotatable bonds is 7. The molecular weight excluding hydrogens is 382 g/mol. The van der Waals surface area contributed by atoms with Crippen molar-refractivity contribution >= 4 is 33.4 Å². The summed E-state index contributed by atoms with van der Waals surface area (Å²) in [6.45, 7) is 6.37. The van der Waals surface area contributed by atoms with Crippen LogP contribution in [0.4, 0.5) is 5.69 Å². The molecule has 2 N–H and O–H groups in total. The van der Waals surface area contributed by atoms with Gasteiger partial charge in [-0.05, 0) is 63.5 Å². The average Bonchev–Trinajstić information content (AvgIpc) is 2.63. The average molecular weight is 410 g/mol. The molecule has 0 unspecified atom stereocenters. The van der Waals surface area contributed by atoms with Gasteiger partial charge in [0.05, 0.1) is 6.04 Å². The molecular formula is C19H28BrN3O2. The quantitative estimate of drug-likeness (QED) is 0.678. The van der Waals surface area contributed by atoms with Crippen LogP contribution < -0.4 is 10.6 Å². The molecule has 0 radical (unpaired) electrons. The van der Waals surface area contributed by atoms with Crippen LogP contribution in [0.5, 0.6) is 0 Å². The summed E-state index contributed by atoms with van der Waals surface area (Å²) in [5, 5.41) is 5.97. The number of benzene rings is 1. The summed E-state index contributed by atoms with van der Waals surface area (Å²) in [7, 11) is 0. The van der Waals surface area contributed by atoms with E-state index in [4.69, 9.17) is 0 Å². The highest BCUT2D eigenvalue weighted by Crippen LogP contribution is 2.20. The third-order valence-corrected chi connectivity index (χ3v) is 5.30. The van der Waals surface area contributed by atoms with Gasteiger partial charge in [-0.2, -0.15) is 0 Å². The molecule has 0 saturated carbocycles. The molecule has 6 heteroatoms. The number of anilines is 1. The summed E-state index contributed by atoms with van der Waals surface area (Å²) in [6, 6.07) is 7.36. The summed E-state index contributed by atoms with van der Waals surface area (Å²) in [6.07, 6.45) is 3.74. The van der Waals surface area contributed by atoms with Crippen LogP contribution in [0.25, 0.3) is 0 Å². The number of carbonyl (C=O) groups is 2. The lowest BCUT2D eigenvalue weighted by Crippen LogP contribution is -2.48. The lowest BCUT2D eigenvalue weighted by Gasteiger charge is -2.34. The zero-order valence-corrected chi connectivity index (χ0v) is 16.6. The first kappa shape index (κ1) is 19.9. The Labute approximate surface area is 158 Å². The molecule has 1 aromatic carbocycles. The third-order valence-electron chi connectivity index (χ3n) is 4.77. The monoisotopic (exact) mass is 409 g/mol. The number of amides is 2. The van der Waals surface area contributed by atoms with Gasteiger partial charge in [0.15, 0.2) is 0 Å². The Balaban J connectivity index is 1.78. The Kier molecular flexibility index (Phi) is 7.90. The van der Waals surface area contributed by atoms with Crippen LogP contribution in [0, 0.1) is 5.92 Å². The van der Waals surface area contributed by atoms with Crippen LogP contribution in [0.2, 0.25) is 0 Å². The van der Waals surface area contributed by atoms with Crippen molar-refractivity contribution in [3.05, 3.63) is 28.7 Å². The van der Waals surface area contributed by atoms with Gasteiger partial charge in [-0.15, -0.1) is 0 Å². The topological polar surface area (TPSA) is 61.4 Å². The fourth-order valence-corrected chi connectivity index (χ4v) is 3.29. The number of piperidine rings is 1. The van der Waals surface area contributed by atoms with Gasteiger partial charge < -0.3 is 10.6 Å². The first-order valence-corrected chi connectivity index (χ1v) is 9.88. The van der Waals surface area contributed by atoms with E-state index in [0.717, 1.165) is 55.5 Å². The number of likely N-dealkylation sites (tertiary alicyclic amines) is 1. The number of nitrogens with zero attached hydrogens (tertiary/aromatic N) is 1. The molecule has 1 saturated heterocycles. The molecule has 1 atom stereocenters. The molecule has 5 nitrogen and oxygen atoms in total. The van der Waals surface area contributed by atoms with Gasteiger partial charge in [0.25, 0.3) is 0 Å². The zero-order valence-electron chi connectivity index (χ0n) is 15.1. The molecule has 138 valence electrons. The standard InChI is InChI=1S/C19H28BrN3O2/c1-3-4-11-21-19(25)15-9-12-23(13-10-15)14(2)18(24)22-17-7-5-16(20)6-8-17/h5-8,14-15H,3-4,9-13H2,1-2H3,(H,21,25)(H,22,24)/t14-/m0/s1. The molecule has 1 fully saturated rings. The number of hydrogen-bond acceptors (Lipinski definition) is 3. The summed E-state index contributed by atoms with van der Waals surface area (Å²) in [5.41, 5.74) is 0.797. The maximum absolute atomic E-state index is 12.4. The molecule has 0 spiro atoms. The van der Waals surface area contributed by atoms with E-state index >= 15 is 0 Å². The highest BCUT2D eigenvalue weighted by Gasteiger charge is 2.29. The lowest BCUT2D eigenvalue weighted by molar-refractivity contribution is -0.127. The van der Waals surface area contributed by atoms with Crippen LogP contribution in [0.15, 0.2) is 28.7 Å². The van der Waals surface area contributed by atoms with Crippen molar-refractivity contribution in [1.29, 1.82) is 0 Å². The number of halogens is 1. The van der Waals surface area contributed by atoms with Gasteiger partial charge in [0.2, 0.25) is 11.8 Å². The first-order chi connectivity index (χ1) is 12.0. The van der Waals surface area contributed by atoms with Gasteiger partial charge in [0.1, 0.15) is 0 Å². The van der Waals surface area contributed by atoms with E-state index in [9.17, 15) is 9.59 Å². The smallest absolute Gasteiger partial charge is 0.241 e. The molecule has 0 bridgehead atoms. The van der Waals surface area contributed by atoms with Crippen molar-refractivity contribution in [2.45, 2.75) is 45.6 Å². The molecule has 1 aromatic rings. The van der Waals surface area contributed by atoms with Crippen LogP contribution in [0.1, 0.15) is 39.5 Å². The molecule has 2 amide bonds. The SMILES string of the molecule is CCCCNC(=O)C1CCN([C@@H](C)C(=O)Nc2ccc(Br)cc2)CC1. The van der Waals surface area contributed by atoms with Crippen molar-refractivity contribution in [2.24, 2.45) is 5.92 Å². The number of nitrogens with one attached hydrogen (secondary N) is 2. The molecule has 0 aromatic heterocycles. The Hall–Kier alpha value is -1.40. The molecule has 2 rings (SSSR count). The van der Waals surface area contributed by atoms with Gasteiger partial charge in [-0.3, -0.25) is 14.5 Å². The van der Waals surface area contributed by atoms with Crippen molar-refractivity contribution in [1.82, 2.24) is 10.2 Å². The number of unbranched alkanes of at least 4 members (excludes halogenated alkanes) is 1. The highest BCUT2D eigenvalue weighted by atomic mass is 79.9.